The highest BCUT2D eigenvalue weighted by Gasteiger charge is 2.13. The van der Waals surface area contributed by atoms with Gasteiger partial charge < -0.3 is 10.6 Å². The zero-order valence-corrected chi connectivity index (χ0v) is 11.5. The minimum absolute atomic E-state index is 0.522. The zero-order valence-electron chi connectivity index (χ0n) is 11.5. The van der Waals surface area contributed by atoms with E-state index < -0.39 is 0 Å². The summed E-state index contributed by atoms with van der Waals surface area (Å²) >= 11 is 0. The van der Waals surface area contributed by atoms with Crippen molar-refractivity contribution < 1.29 is 0 Å². The minimum atomic E-state index is 0.522. The lowest BCUT2D eigenvalue weighted by atomic mass is 10.2. The third-order valence-electron chi connectivity index (χ3n) is 3.36. The van der Waals surface area contributed by atoms with E-state index in [9.17, 15) is 0 Å². The predicted molar refractivity (Wildman–Crippen MR) is 78.7 cm³/mol. The van der Waals surface area contributed by atoms with E-state index in [0.29, 0.717) is 6.54 Å². The third kappa shape index (κ3) is 2.00. The average molecular weight is 268 g/mol. The largest absolute Gasteiger partial charge is 0.329 e. The maximum Gasteiger partial charge on any atom is 0.163 e. The molecule has 0 unspecified atom stereocenters. The SMILES string of the molecule is CN(c1cccc(CN)c1)c1ncnc2c1cnn2C. The molecule has 0 amide bonds. The number of nitrogens with zero attached hydrogens (tertiary/aromatic N) is 5. The van der Waals surface area contributed by atoms with Crippen molar-refractivity contribution in [2.24, 2.45) is 12.8 Å². The van der Waals surface area contributed by atoms with Crippen LogP contribution in [0.5, 0.6) is 0 Å². The molecule has 2 N–H and O–H groups in total. The molecule has 0 saturated carbocycles. The first-order valence-electron chi connectivity index (χ1n) is 6.36. The predicted octanol–water partition coefficient (Wildman–Crippen LogP) is 1.59. The Bertz CT molecular complexity index is 748. The molecular formula is C14H16N6. The monoisotopic (exact) mass is 268 g/mol. The number of hydrogen-bond acceptors (Lipinski definition) is 5. The number of rotatable bonds is 3. The zero-order chi connectivity index (χ0) is 14.1. The number of fused-ring (bicyclic) bond motifs is 1. The number of benzene rings is 1. The molecule has 6 nitrogen and oxygen atoms in total. The van der Waals surface area contributed by atoms with Gasteiger partial charge in [-0.15, -0.1) is 0 Å². The molecule has 6 heteroatoms. The molecule has 0 aliphatic carbocycles. The van der Waals surface area contributed by atoms with Crippen LogP contribution >= 0.6 is 0 Å². The van der Waals surface area contributed by atoms with Crippen LogP contribution < -0.4 is 10.6 Å². The molecule has 2 heterocycles. The van der Waals surface area contributed by atoms with Crippen molar-refractivity contribution in [2.75, 3.05) is 11.9 Å². The number of nitrogens with two attached hydrogens (primary N) is 1. The molecule has 3 aromatic rings. The van der Waals surface area contributed by atoms with Gasteiger partial charge in [0.15, 0.2) is 5.65 Å². The number of aryl methyl sites for hydroxylation is 1. The fourth-order valence-corrected chi connectivity index (χ4v) is 2.23. The Morgan fingerprint density at radius 1 is 1.30 bits per heavy atom. The Labute approximate surface area is 116 Å². The topological polar surface area (TPSA) is 72.9 Å². The van der Waals surface area contributed by atoms with Crippen LogP contribution in [0.3, 0.4) is 0 Å². The van der Waals surface area contributed by atoms with Crippen molar-refractivity contribution >= 4 is 22.5 Å². The van der Waals surface area contributed by atoms with Crippen molar-refractivity contribution in [3.05, 3.63) is 42.4 Å². The van der Waals surface area contributed by atoms with E-state index in [-0.39, 0.29) is 0 Å². The number of hydrogen-bond donors (Lipinski definition) is 1. The van der Waals surface area contributed by atoms with Crippen molar-refractivity contribution in [1.82, 2.24) is 19.7 Å². The van der Waals surface area contributed by atoms with E-state index in [4.69, 9.17) is 5.73 Å². The van der Waals surface area contributed by atoms with E-state index in [1.165, 1.54) is 0 Å². The van der Waals surface area contributed by atoms with Crippen LogP contribution in [0.1, 0.15) is 5.56 Å². The van der Waals surface area contributed by atoms with Crippen molar-refractivity contribution in [1.29, 1.82) is 0 Å². The summed E-state index contributed by atoms with van der Waals surface area (Å²) in [5, 5.41) is 5.16. The molecule has 2 aromatic heterocycles. The first-order valence-corrected chi connectivity index (χ1v) is 6.36. The van der Waals surface area contributed by atoms with E-state index in [1.807, 2.05) is 37.2 Å². The van der Waals surface area contributed by atoms with Crippen molar-refractivity contribution in [2.45, 2.75) is 6.54 Å². The third-order valence-corrected chi connectivity index (χ3v) is 3.36. The molecule has 20 heavy (non-hydrogen) atoms. The van der Waals surface area contributed by atoms with Gasteiger partial charge >= 0.3 is 0 Å². The molecule has 0 fully saturated rings. The van der Waals surface area contributed by atoms with E-state index in [0.717, 1.165) is 28.1 Å². The molecule has 0 aliphatic rings. The highest BCUT2D eigenvalue weighted by Crippen LogP contribution is 2.27. The standard InChI is InChI=1S/C14H16N6/c1-19(11-5-3-4-10(6-11)7-15)13-12-8-18-20(2)14(12)17-9-16-13/h3-6,8-9H,7,15H2,1-2H3. The summed E-state index contributed by atoms with van der Waals surface area (Å²) in [7, 11) is 3.85. The Hall–Kier alpha value is -2.47. The molecule has 1 aromatic carbocycles. The molecule has 0 radical (unpaired) electrons. The second-order valence-electron chi connectivity index (χ2n) is 4.64. The van der Waals surface area contributed by atoms with Crippen LogP contribution in [0, 0.1) is 0 Å². The van der Waals surface area contributed by atoms with Gasteiger partial charge in [0.25, 0.3) is 0 Å². The van der Waals surface area contributed by atoms with E-state index in [1.54, 1.807) is 17.2 Å². The second-order valence-corrected chi connectivity index (χ2v) is 4.64. The Morgan fingerprint density at radius 3 is 2.95 bits per heavy atom. The maximum absolute atomic E-state index is 5.69. The molecule has 0 bridgehead atoms. The number of aromatic nitrogens is 4. The lowest BCUT2D eigenvalue weighted by Crippen LogP contribution is -2.12. The Morgan fingerprint density at radius 2 is 2.15 bits per heavy atom. The van der Waals surface area contributed by atoms with Gasteiger partial charge in [0.05, 0.1) is 11.6 Å². The van der Waals surface area contributed by atoms with Crippen molar-refractivity contribution in [3.63, 3.8) is 0 Å². The summed E-state index contributed by atoms with van der Waals surface area (Å²) in [6, 6.07) is 8.10. The number of anilines is 2. The van der Waals surface area contributed by atoms with Gasteiger partial charge in [0.2, 0.25) is 0 Å². The Kier molecular flexibility index (Phi) is 3.08. The van der Waals surface area contributed by atoms with Gasteiger partial charge in [-0.2, -0.15) is 5.10 Å². The smallest absolute Gasteiger partial charge is 0.163 e. The summed E-state index contributed by atoms with van der Waals surface area (Å²) in [6.07, 6.45) is 3.34. The average Bonchev–Trinajstić information content (AvgIpc) is 2.88. The highest BCUT2D eigenvalue weighted by molar-refractivity contribution is 5.88. The van der Waals surface area contributed by atoms with Crippen LogP contribution in [0.25, 0.3) is 11.0 Å². The molecule has 3 rings (SSSR count). The second kappa shape index (κ2) is 4.90. The Balaban J connectivity index is 2.10. The quantitative estimate of drug-likeness (QED) is 0.781. The summed E-state index contributed by atoms with van der Waals surface area (Å²) in [6.45, 7) is 0.522. The van der Waals surface area contributed by atoms with Gasteiger partial charge in [0.1, 0.15) is 12.1 Å². The maximum atomic E-state index is 5.69. The fourth-order valence-electron chi connectivity index (χ4n) is 2.23. The van der Waals surface area contributed by atoms with E-state index >= 15 is 0 Å². The molecular weight excluding hydrogens is 252 g/mol. The van der Waals surface area contributed by atoms with Gasteiger partial charge in [-0.3, -0.25) is 4.68 Å². The summed E-state index contributed by atoms with van der Waals surface area (Å²) < 4.78 is 1.74. The summed E-state index contributed by atoms with van der Waals surface area (Å²) in [4.78, 5) is 10.7. The lowest BCUT2D eigenvalue weighted by Gasteiger charge is -2.19. The van der Waals surface area contributed by atoms with Gasteiger partial charge in [-0.25, -0.2) is 9.97 Å². The summed E-state index contributed by atoms with van der Waals surface area (Å²) in [5.41, 5.74) is 8.64. The van der Waals surface area contributed by atoms with Gasteiger partial charge in [-0.1, -0.05) is 12.1 Å². The summed E-state index contributed by atoms with van der Waals surface area (Å²) in [5.74, 6) is 0.831. The van der Waals surface area contributed by atoms with Crippen LogP contribution in [-0.4, -0.2) is 26.8 Å². The van der Waals surface area contributed by atoms with Crippen LogP contribution in [-0.2, 0) is 13.6 Å². The molecule has 0 spiro atoms. The normalized spacial score (nSPS) is 10.9. The first kappa shape index (κ1) is 12.6. The highest BCUT2D eigenvalue weighted by atomic mass is 15.3. The molecule has 0 aliphatic heterocycles. The molecule has 102 valence electrons. The fraction of sp³-hybridized carbons (Fsp3) is 0.214. The van der Waals surface area contributed by atoms with Crippen LogP contribution in [0.15, 0.2) is 36.8 Å². The van der Waals surface area contributed by atoms with Gasteiger partial charge in [-0.05, 0) is 17.7 Å². The van der Waals surface area contributed by atoms with Crippen LogP contribution in [0.4, 0.5) is 11.5 Å². The van der Waals surface area contributed by atoms with Crippen LogP contribution in [0.2, 0.25) is 0 Å². The van der Waals surface area contributed by atoms with E-state index in [2.05, 4.69) is 21.1 Å². The molecule has 0 atom stereocenters. The lowest BCUT2D eigenvalue weighted by molar-refractivity contribution is 0.785. The van der Waals surface area contributed by atoms with Crippen molar-refractivity contribution in [3.8, 4) is 0 Å². The van der Waals surface area contributed by atoms with Gasteiger partial charge in [0, 0.05) is 26.3 Å². The minimum Gasteiger partial charge on any atom is -0.329 e. The molecule has 0 saturated heterocycles. The first-order chi connectivity index (χ1) is 9.70.